The second-order valence-corrected chi connectivity index (χ2v) is 8.96. The number of hydrogen-bond donors (Lipinski definition) is 1. The zero-order chi connectivity index (χ0) is 23.8. The topological polar surface area (TPSA) is 66.8 Å². The molecule has 0 spiro atoms. The minimum absolute atomic E-state index is 0.0703. The molecular weight excluding hydrogens is 426 g/mol. The quantitative estimate of drug-likeness (QED) is 0.328. The average molecular weight is 454 g/mol. The highest BCUT2D eigenvalue weighted by molar-refractivity contribution is 6.46. The van der Waals surface area contributed by atoms with E-state index in [1.807, 2.05) is 73.7 Å². The molecular formula is C29H27NO4. The lowest BCUT2D eigenvalue weighted by Gasteiger charge is -2.25. The number of Topliss-reactive ketones (excluding diaryl/α,β-unsaturated/α-hetero) is 1. The Kier molecular flexibility index (Phi) is 5.70. The molecule has 2 heterocycles. The van der Waals surface area contributed by atoms with Crippen LogP contribution in [0.3, 0.4) is 0 Å². The van der Waals surface area contributed by atoms with Gasteiger partial charge in [0, 0.05) is 18.5 Å². The smallest absolute Gasteiger partial charge is 0.295 e. The highest BCUT2D eigenvalue weighted by Gasteiger charge is 2.46. The molecule has 1 saturated heterocycles. The average Bonchev–Trinajstić information content (AvgIpc) is 3.35. The van der Waals surface area contributed by atoms with Gasteiger partial charge in [0.25, 0.3) is 11.7 Å². The molecule has 0 saturated carbocycles. The van der Waals surface area contributed by atoms with E-state index >= 15 is 0 Å². The van der Waals surface area contributed by atoms with Crippen molar-refractivity contribution in [3.8, 4) is 5.75 Å². The Morgan fingerprint density at radius 1 is 1.00 bits per heavy atom. The van der Waals surface area contributed by atoms with Crippen LogP contribution in [0.25, 0.3) is 5.76 Å². The van der Waals surface area contributed by atoms with E-state index in [1.165, 1.54) is 0 Å². The summed E-state index contributed by atoms with van der Waals surface area (Å²) in [4.78, 5) is 28.0. The Bertz CT molecular complexity index is 1280. The fourth-order valence-electron chi connectivity index (χ4n) is 4.83. The van der Waals surface area contributed by atoms with Crippen molar-refractivity contribution >= 4 is 17.4 Å². The number of rotatable bonds is 5. The van der Waals surface area contributed by atoms with Gasteiger partial charge in [-0.05, 0) is 53.8 Å². The number of carbonyl (C=O) groups is 2. The predicted octanol–water partition coefficient (Wildman–Crippen LogP) is 5.19. The third-order valence-corrected chi connectivity index (χ3v) is 6.61. The van der Waals surface area contributed by atoms with Crippen molar-refractivity contribution in [2.45, 2.75) is 45.4 Å². The summed E-state index contributed by atoms with van der Waals surface area (Å²) in [5.41, 5.74) is 4.51. The van der Waals surface area contributed by atoms with E-state index < -0.39 is 17.7 Å². The number of fused-ring (bicyclic) bond motifs is 1. The SMILES string of the molecule is CCc1ccc([C@@H]2C(=C(O)c3ccc4c(c3)C[C@H](C)O4)C(=O)C(=O)N2Cc2ccccc2)cc1. The zero-order valence-corrected chi connectivity index (χ0v) is 19.3. The van der Waals surface area contributed by atoms with Gasteiger partial charge >= 0.3 is 0 Å². The first kappa shape index (κ1) is 22.0. The third kappa shape index (κ3) is 3.87. The Hall–Kier alpha value is -3.86. The number of ether oxygens (including phenoxy) is 1. The summed E-state index contributed by atoms with van der Waals surface area (Å²) in [6.45, 7) is 4.35. The molecule has 5 heteroatoms. The van der Waals surface area contributed by atoms with Crippen molar-refractivity contribution in [1.29, 1.82) is 0 Å². The van der Waals surface area contributed by atoms with Gasteiger partial charge in [-0.3, -0.25) is 9.59 Å². The monoisotopic (exact) mass is 453 g/mol. The normalized spacial score (nSPS) is 20.9. The lowest BCUT2D eigenvalue weighted by molar-refractivity contribution is -0.140. The van der Waals surface area contributed by atoms with Crippen LogP contribution in [-0.4, -0.2) is 27.8 Å². The Balaban J connectivity index is 1.62. The van der Waals surface area contributed by atoms with Crippen molar-refractivity contribution < 1.29 is 19.4 Å². The lowest BCUT2D eigenvalue weighted by atomic mass is 9.93. The van der Waals surface area contributed by atoms with E-state index in [0.29, 0.717) is 5.56 Å². The van der Waals surface area contributed by atoms with Gasteiger partial charge < -0.3 is 14.7 Å². The summed E-state index contributed by atoms with van der Waals surface area (Å²) < 4.78 is 5.77. The number of aliphatic hydroxyl groups excluding tert-OH is 1. The molecule has 5 rings (SSSR count). The van der Waals surface area contributed by atoms with E-state index in [-0.39, 0.29) is 24.0 Å². The second kappa shape index (κ2) is 8.82. The van der Waals surface area contributed by atoms with Crippen molar-refractivity contribution in [1.82, 2.24) is 4.90 Å². The van der Waals surface area contributed by atoms with Crippen LogP contribution >= 0.6 is 0 Å². The van der Waals surface area contributed by atoms with Gasteiger partial charge in [-0.1, -0.05) is 61.5 Å². The molecule has 0 radical (unpaired) electrons. The minimum Gasteiger partial charge on any atom is -0.507 e. The second-order valence-electron chi connectivity index (χ2n) is 8.96. The highest BCUT2D eigenvalue weighted by atomic mass is 16.5. The summed E-state index contributed by atoms with van der Waals surface area (Å²) in [6, 6.07) is 22.2. The summed E-state index contributed by atoms with van der Waals surface area (Å²) in [6.07, 6.45) is 1.70. The first-order valence-electron chi connectivity index (χ1n) is 11.7. The molecule has 0 unspecified atom stereocenters. The van der Waals surface area contributed by atoms with Crippen molar-refractivity contribution in [2.24, 2.45) is 0 Å². The maximum atomic E-state index is 13.3. The van der Waals surface area contributed by atoms with E-state index in [1.54, 1.807) is 11.0 Å². The van der Waals surface area contributed by atoms with E-state index in [0.717, 1.165) is 40.8 Å². The molecule has 2 aliphatic heterocycles. The molecule has 172 valence electrons. The maximum Gasteiger partial charge on any atom is 0.295 e. The third-order valence-electron chi connectivity index (χ3n) is 6.61. The summed E-state index contributed by atoms with van der Waals surface area (Å²) in [7, 11) is 0. The molecule has 0 bridgehead atoms. The number of benzene rings is 3. The van der Waals surface area contributed by atoms with Crippen molar-refractivity contribution in [3.05, 3.63) is 106 Å². The summed E-state index contributed by atoms with van der Waals surface area (Å²) >= 11 is 0. The molecule has 5 nitrogen and oxygen atoms in total. The summed E-state index contributed by atoms with van der Waals surface area (Å²) in [5, 5.41) is 11.4. The van der Waals surface area contributed by atoms with Crippen molar-refractivity contribution in [3.63, 3.8) is 0 Å². The van der Waals surface area contributed by atoms with Crippen LogP contribution in [0.5, 0.6) is 5.75 Å². The number of carbonyl (C=O) groups excluding carboxylic acids is 2. The van der Waals surface area contributed by atoms with Gasteiger partial charge in [0.15, 0.2) is 0 Å². The van der Waals surface area contributed by atoms with Gasteiger partial charge in [-0.15, -0.1) is 0 Å². The number of aryl methyl sites for hydroxylation is 1. The number of amides is 1. The molecule has 3 aromatic carbocycles. The largest absolute Gasteiger partial charge is 0.507 e. The molecule has 34 heavy (non-hydrogen) atoms. The fourth-order valence-corrected chi connectivity index (χ4v) is 4.83. The van der Waals surface area contributed by atoms with E-state index in [9.17, 15) is 14.7 Å². The fraction of sp³-hybridized carbons (Fsp3) is 0.241. The molecule has 2 atom stereocenters. The Labute approximate surface area is 199 Å². The number of hydrogen-bond acceptors (Lipinski definition) is 4. The number of nitrogens with zero attached hydrogens (tertiary/aromatic N) is 1. The first-order chi connectivity index (χ1) is 16.5. The van der Waals surface area contributed by atoms with Crippen LogP contribution in [0.2, 0.25) is 0 Å². The van der Waals surface area contributed by atoms with E-state index in [4.69, 9.17) is 4.74 Å². The maximum absolute atomic E-state index is 13.3. The predicted molar refractivity (Wildman–Crippen MR) is 130 cm³/mol. The van der Waals surface area contributed by atoms with Crippen molar-refractivity contribution in [2.75, 3.05) is 0 Å². The standard InChI is InChI=1S/C29H27NO4/c1-3-19-9-11-21(12-10-19)26-25(27(31)22-13-14-24-23(16-22)15-18(2)34-24)28(32)29(33)30(26)17-20-7-5-4-6-8-20/h4-14,16,18,26,31H,3,15,17H2,1-2H3/t18-,26+/m0/s1. The zero-order valence-electron chi connectivity index (χ0n) is 19.3. The van der Waals surface area contributed by atoms with E-state index in [2.05, 4.69) is 6.92 Å². The van der Waals surface area contributed by atoms with Gasteiger partial charge in [0.2, 0.25) is 0 Å². The lowest BCUT2D eigenvalue weighted by Crippen LogP contribution is -2.29. The van der Waals surface area contributed by atoms with Gasteiger partial charge in [0.1, 0.15) is 17.6 Å². The van der Waals surface area contributed by atoms with Gasteiger partial charge in [-0.2, -0.15) is 0 Å². The van der Waals surface area contributed by atoms with Crippen LogP contribution in [0.1, 0.15) is 47.7 Å². The van der Waals surface area contributed by atoms with Gasteiger partial charge in [0.05, 0.1) is 11.6 Å². The minimum atomic E-state index is -0.672. The van der Waals surface area contributed by atoms with Gasteiger partial charge in [-0.25, -0.2) is 0 Å². The molecule has 3 aromatic rings. The molecule has 0 aromatic heterocycles. The highest BCUT2D eigenvalue weighted by Crippen LogP contribution is 2.41. The molecule has 2 aliphatic rings. The number of aliphatic hydroxyl groups is 1. The molecule has 1 amide bonds. The first-order valence-corrected chi connectivity index (χ1v) is 11.7. The van der Waals surface area contributed by atoms with Crippen LogP contribution in [0.15, 0.2) is 78.4 Å². The Morgan fingerprint density at radius 3 is 2.44 bits per heavy atom. The van der Waals surface area contributed by atoms with Crippen LogP contribution in [0.4, 0.5) is 0 Å². The summed E-state index contributed by atoms with van der Waals surface area (Å²) in [5.74, 6) is -0.627. The Morgan fingerprint density at radius 2 is 1.74 bits per heavy atom. The van der Waals surface area contributed by atoms with Crippen LogP contribution in [0, 0.1) is 0 Å². The number of likely N-dealkylation sites (tertiary alicyclic amines) is 1. The number of ketones is 1. The molecule has 1 N–H and O–H groups in total. The van der Waals surface area contributed by atoms with Crippen LogP contribution in [-0.2, 0) is 29.0 Å². The molecule has 0 aliphatic carbocycles. The van der Waals surface area contributed by atoms with Crippen LogP contribution < -0.4 is 4.74 Å². The molecule has 1 fully saturated rings.